The number of hydrogen-bond donors (Lipinski definition) is 1. The van der Waals surface area contributed by atoms with Crippen molar-refractivity contribution in [2.75, 3.05) is 0 Å². The van der Waals surface area contributed by atoms with Gasteiger partial charge in [-0.3, -0.25) is 0 Å². The highest BCUT2D eigenvalue weighted by Crippen LogP contribution is 2.41. The van der Waals surface area contributed by atoms with Crippen molar-refractivity contribution in [1.82, 2.24) is 15.0 Å². The third kappa shape index (κ3) is 2.40. The van der Waals surface area contributed by atoms with Crippen molar-refractivity contribution in [1.29, 1.82) is 0 Å². The maximum Gasteiger partial charge on any atom is 0.156 e. The van der Waals surface area contributed by atoms with Gasteiger partial charge in [-0.1, -0.05) is 53.7 Å². The van der Waals surface area contributed by atoms with Gasteiger partial charge in [0.25, 0.3) is 0 Å². The Balaban J connectivity index is 2.27. The summed E-state index contributed by atoms with van der Waals surface area (Å²) in [5.74, 6) is 0. The number of rotatable bonds is 4. The molecule has 0 fully saturated rings. The molecule has 0 atom stereocenters. The third-order valence-corrected chi connectivity index (χ3v) is 12.4. The molecule has 0 radical (unpaired) electrons. The molecule has 3 nitrogen and oxygen atoms in total. The van der Waals surface area contributed by atoms with E-state index in [2.05, 4.69) is 52.6 Å². The van der Waals surface area contributed by atoms with E-state index < -0.39 is 8.07 Å². The van der Waals surface area contributed by atoms with Gasteiger partial charge in [-0.05, 0) is 34.8 Å². The Hall–Kier alpha value is -1.68. The Morgan fingerprint density at radius 1 is 0.783 bits per heavy atom. The molecule has 2 aromatic heterocycles. The van der Waals surface area contributed by atoms with Gasteiger partial charge in [0, 0.05) is 5.32 Å². The largest absolute Gasteiger partial charge is 0.346 e. The van der Waals surface area contributed by atoms with Crippen molar-refractivity contribution in [3.63, 3.8) is 0 Å². The normalized spacial score (nSPS) is 13.1. The average Bonchev–Trinajstić information content (AvgIpc) is 2.86. The summed E-state index contributed by atoms with van der Waals surface area (Å²) in [5, 5.41) is 1.41. The second kappa shape index (κ2) is 5.75. The molecule has 0 saturated carbocycles. The summed E-state index contributed by atoms with van der Waals surface area (Å²) < 4.78 is 0. The first-order valence-corrected chi connectivity index (χ1v) is 10.9. The Bertz CT molecular complexity index is 759. The lowest BCUT2D eigenvalue weighted by molar-refractivity contribution is 0.832. The molecule has 3 aromatic rings. The summed E-state index contributed by atoms with van der Waals surface area (Å²) in [5.41, 5.74) is 5.87. The topological polar surface area (TPSA) is 41.6 Å². The van der Waals surface area contributed by atoms with Crippen molar-refractivity contribution >= 4 is 35.6 Å². The van der Waals surface area contributed by atoms with Gasteiger partial charge >= 0.3 is 0 Å². The first kappa shape index (κ1) is 16.2. The minimum atomic E-state index is -1.70. The zero-order valence-electron chi connectivity index (χ0n) is 15.0. The molecule has 1 aromatic carbocycles. The standard InChI is InChI=1S/C19H27N3Si/c1-12(2)23(13(3)4,14(5)6)18-11-17-19(22-18)21-16-10-8-7-9-15(16)20-17/h7-14H,1-6H3,(H,21,22). The van der Waals surface area contributed by atoms with E-state index in [9.17, 15) is 0 Å². The van der Waals surface area contributed by atoms with Gasteiger partial charge in [0.05, 0.1) is 11.0 Å². The van der Waals surface area contributed by atoms with Gasteiger partial charge in [-0.15, -0.1) is 0 Å². The van der Waals surface area contributed by atoms with Crippen LogP contribution < -0.4 is 5.32 Å². The molecule has 0 spiro atoms. The molecule has 0 aliphatic rings. The quantitative estimate of drug-likeness (QED) is 0.686. The van der Waals surface area contributed by atoms with Gasteiger partial charge in [0.15, 0.2) is 5.65 Å². The predicted molar refractivity (Wildman–Crippen MR) is 102 cm³/mol. The van der Waals surface area contributed by atoms with Crippen molar-refractivity contribution in [2.45, 2.75) is 58.2 Å². The van der Waals surface area contributed by atoms with Crippen molar-refractivity contribution in [2.24, 2.45) is 0 Å². The lowest BCUT2D eigenvalue weighted by Gasteiger charge is -2.42. The maximum absolute atomic E-state index is 4.82. The van der Waals surface area contributed by atoms with E-state index in [0.717, 1.165) is 22.2 Å². The van der Waals surface area contributed by atoms with Crippen molar-refractivity contribution in [3.05, 3.63) is 30.3 Å². The van der Waals surface area contributed by atoms with Crippen LogP contribution in [0.25, 0.3) is 22.2 Å². The highest BCUT2D eigenvalue weighted by molar-refractivity contribution is 6.94. The summed E-state index contributed by atoms with van der Waals surface area (Å²) in [6.45, 7) is 14.3. The summed E-state index contributed by atoms with van der Waals surface area (Å²) in [7, 11) is -1.70. The number of H-pyrrole nitrogens is 1. The number of hydrogen-bond acceptors (Lipinski definition) is 2. The van der Waals surface area contributed by atoms with Crippen LogP contribution in [0.15, 0.2) is 30.3 Å². The molecule has 0 bridgehead atoms. The molecule has 0 amide bonds. The van der Waals surface area contributed by atoms with Crippen LogP contribution in [-0.4, -0.2) is 23.0 Å². The second-order valence-electron chi connectivity index (χ2n) is 7.53. The fourth-order valence-corrected chi connectivity index (χ4v) is 11.3. The Kier molecular flexibility index (Phi) is 4.04. The number of nitrogens with zero attached hydrogens (tertiary/aromatic N) is 2. The van der Waals surface area contributed by atoms with Crippen LogP contribution in [0.1, 0.15) is 41.5 Å². The van der Waals surface area contributed by atoms with Gasteiger partial charge in [0.2, 0.25) is 0 Å². The fourth-order valence-electron chi connectivity index (χ4n) is 4.67. The summed E-state index contributed by atoms with van der Waals surface area (Å²) in [6.07, 6.45) is 0. The lowest BCUT2D eigenvalue weighted by Crippen LogP contribution is -2.56. The molecule has 2 heterocycles. The number of nitrogens with one attached hydrogen (secondary N) is 1. The SMILES string of the molecule is CC(C)[Si](c1cc2nc3ccccc3nc2[nH]1)(C(C)C)C(C)C. The fraction of sp³-hybridized carbons (Fsp3) is 0.474. The molecule has 0 aliphatic carbocycles. The zero-order valence-corrected chi connectivity index (χ0v) is 16.0. The van der Waals surface area contributed by atoms with E-state index >= 15 is 0 Å². The van der Waals surface area contributed by atoms with E-state index in [1.54, 1.807) is 0 Å². The van der Waals surface area contributed by atoms with Gasteiger partial charge in [0.1, 0.15) is 13.6 Å². The van der Waals surface area contributed by atoms with Crippen LogP contribution in [-0.2, 0) is 0 Å². The molecular formula is C19H27N3Si. The van der Waals surface area contributed by atoms with Gasteiger partial charge in [-0.25, -0.2) is 9.97 Å². The minimum Gasteiger partial charge on any atom is -0.346 e. The van der Waals surface area contributed by atoms with Crippen LogP contribution in [0.5, 0.6) is 0 Å². The number of aromatic amines is 1. The van der Waals surface area contributed by atoms with Crippen LogP contribution in [0.2, 0.25) is 16.6 Å². The van der Waals surface area contributed by atoms with E-state index in [1.807, 2.05) is 24.3 Å². The van der Waals surface area contributed by atoms with E-state index in [4.69, 9.17) is 9.97 Å². The van der Waals surface area contributed by atoms with Gasteiger partial charge < -0.3 is 4.98 Å². The van der Waals surface area contributed by atoms with Crippen molar-refractivity contribution in [3.8, 4) is 0 Å². The van der Waals surface area contributed by atoms with Crippen LogP contribution >= 0.6 is 0 Å². The van der Waals surface area contributed by atoms with E-state index in [-0.39, 0.29) is 0 Å². The smallest absolute Gasteiger partial charge is 0.156 e. The number of fused-ring (bicyclic) bond motifs is 2. The first-order chi connectivity index (χ1) is 10.9. The molecule has 1 N–H and O–H groups in total. The average molecular weight is 326 g/mol. The summed E-state index contributed by atoms with van der Waals surface area (Å²) in [4.78, 5) is 13.3. The molecule has 3 rings (SSSR count). The molecular weight excluding hydrogens is 298 g/mol. The molecule has 4 heteroatoms. The van der Waals surface area contributed by atoms with E-state index in [0.29, 0.717) is 16.6 Å². The molecule has 0 aliphatic heterocycles. The van der Waals surface area contributed by atoms with Crippen LogP contribution in [0.4, 0.5) is 0 Å². The lowest BCUT2D eigenvalue weighted by atomic mass is 10.3. The molecule has 0 unspecified atom stereocenters. The molecule has 0 saturated heterocycles. The predicted octanol–water partition coefficient (Wildman–Crippen LogP) is 5.00. The second-order valence-corrected chi connectivity index (χ2v) is 13.4. The van der Waals surface area contributed by atoms with E-state index in [1.165, 1.54) is 5.32 Å². The highest BCUT2D eigenvalue weighted by Gasteiger charge is 2.45. The Morgan fingerprint density at radius 3 is 1.83 bits per heavy atom. The maximum atomic E-state index is 4.82. The summed E-state index contributed by atoms with van der Waals surface area (Å²) >= 11 is 0. The van der Waals surface area contributed by atoms with Crippen LogP contribution in [0.3, 0.4) is 0 Å². The third-order valence-electron chi connectivity index (χ3n) is 5.46. The van der Waals surface area contributed by atoms with Crippen LogP contribution in [0, 0.1) is 0 Å². The Morgan fingerprint density at radius 2 is 1.30 bits per heavy atom. The number of para-hydroxylation sites is 2. The Labute approximate surface area is 139 Å². The monoisotopic (exact) mass is 325 g/mol. The van der Waals surface area contributed by atoms with Crippen molar-refractivity contribution < 1.29 is 0 Å². The highest BCUT2D eigenvalue weighted by atomic mass is 28.3. The number of aromatic nitrogens is 3. The number of benzene rings is 1. The van der Waals surface area contributed by atoms with Gasteiger partial charge in [-0.2, -0.15) is 0 Å². The molecule has 23 heavy (non-hydrogen) atoms. The summed E-state index contributed by atoms with van der Waals surface area (Å²) in [6, 6.07) is 10.4. The zero-order chi connectivity index (χ0) is 16.8. The molecule has 122 valence electrons. The first-order valence-electron chi connectivity index (χ1n) is 8.63. The minimum absolute atomic E-state index is 0.671.